The van der Waals surface area contributed by atoms with E-state index in [1.165, 1.54) is 19.1 Å². The molecule has 30 heavy (non-hydrogen) atoms. The Bertz CT molecular complexity index is 956. The number of carbonyl (C=O) groups excluding carboxylic acids is 4. The summed E-state index contributed by atoms with van der Waals surface area (Å²) in [5.74, 6) is -2.14. The summed E-state index contributed by atoms with van der Waals surface area (Å²) in [7, 11) is 0. The fourth-order valence-corrected chi connectivity index (χ4v) is 3.11. The van der Waals surface area contributed by atoms with E-state index in [4.69, 9.17) is 4.74 Å². The van der Waals surface area contributed by atoms with E-state index in [1.54, 1.807) is 29.2 Å². The Balaban J connectivity index is 1.49. The SMILES string of the molecule is C[C@H](OC(=O)CNC(=O)c1ccc(N2CCCC2=O)cc1)C(=O)c1ccc(F)cc1. The van der Waals surface area contributed by atoms with E-state index >= 15 is 0 Å². The summed E-state index contributed by atoms with van der Waals surface area (Å²) in [6.45, 7) is 1.65. The molecule has 8 heteroatoms. The number of ketones is 1. The van der Waals surface area contributed by atoms with Crippen molar-refractivity contribution in [3.63, 3.8) is 0 Å². The Morgan fingerprint density at radius 2 is 1.70 bits per heavy atom. The van der Waals surface area contributed by atoms with Crippen molar-refractivity contribution in [2.24, 2.45) is 0 Å². The Labute approximate surface area is 172 Å². The van der Waals surface area contributed by atoms with E-state index in [0.29, 0.717) is 18.5 Å². The number of Topliss-reactive ketones (excluding diaryl/α,β-unsaturated/α-hetero) is 1. The zero-order valence-corrected chi connectivity index (χ0v) is 16.4. The van der Waals surface area contributed by atoms with Gasteiger partial charge >= 0.3 is 5.97 Å². The van der Waals surface area contributed by atoms with Crippen molar-refractivity contribution in [3.05, 3.63) is 65.5 Å². The van der Waals surface area contributed by atoms with E-state index in [2.05, 4.69) is 5.32 Å². The van der Waals surface area contributed by atoms with Gasteiger partial charge in [-0.05, 0) is 61.9 Å². The van der Waals surface area contributed by atoms with Gasteiger partial charge in [0.1, 0.15) is 12.4 Å². The molecule has 0 bridgehead atoms. The number of ether oxygens (including phenoxy) is 1. The second-order valence-corrected chi connectivity index (χ2v) is 6.88. The number of amides is 2. The summed E-state index contributed by atoms with van der Waals surface area (Å²) in [5.41, 5.74) is 1.27. The molecule has 0 aliphatic carbocycles. The molecule has 1 aliphatic heterocycles. The summed E-state index contributed by atoms with van der Waals surface area (Å²) in [6, 6.07) is 11.4. The van der Waals surface area contributed by atoms with Crippen LogP contribution in [-0.2, 0) is 14.3 Å². The van der Waals surface area contributed by atoms with Crippen LogP contribution in [0.1, 0.15) is 40.5 Å². The summed E-state index contributed by atoms with van der Waals surface area (Å²) in [6.07, 6.45) is 0.259. The van der Waals surface area contributed by atoms with Gasteiger partial charge in [-0.1, -0.05) is 0 Å². The van der Waals surface area contributed by atoms with E-state index in [0.717, 1.165) is 24.2 Å². The number of rotatable bonds is 7. The number of hydrogen-bond acceptors (Lipinski definition) is 5. The first-order valence-corrected chi connectivity index (χ1v) is 9.53. The minimum Gasteiger partial charge on any atom is -0.453 e. The van der Waals surface area contributed by atoms with Crippen molar-refractivity contribution in [2.45, 2.75) is 25.9 Å². The number of nitrogens with zero attached hydrogens (tertiary/aromatic N) is 1. The molecule has 1 atom stereocenters. The van der Waals surface area contributed by atoms with Crippen LogP contribution in [0.4, 0.5) is 10.1 Å². The zero-order chi connectivity index (χ0) is 21.7. The topological polar surface area (TPSA) is 92.8 Å². The van der Waals surface area contributed by atoms with Gasteiger partial charge in [0.15, 0.2) is 6.10 Å². The number of halogens is 1. The first kappa shape index (κ1) is 21.2. The molecule has 2 aromatic carbocycles. The van der Waals surface area contributed by atoms with Crippen LogP contribution in [0.3, 0.4) is 0 Å². The van der Waals surface area contributed by atoms with E-state index in [-0.39, 0.29) is 11.5 Å². The van der Waals surface area contributed by atoms with Gasteiger partial charge in [0.25, 0.3) is 5.91 Å². The van der Waals surface area contributed by atoms with Gasteiger partial charge in [0.2, 0.25) is 11.7 Å². The normalized spacial score (nSPS) is 14.3. The Kier molecular flexibility index (Phi) is 6.56. The largest absolute Gasteiger partial charge is 0.453 e. The average Bonchev–Trinajstić information content (AvgIpc) is 3.18. The van der Waals surface area contributed by atoms with Gasteiger partial charge in [0.05, 0.1) is 0 Å². The number of carbonyl (C=O) groups is 4. The molecule has 156 valence electrons. The smallest absolute Gasteiger partial charge is 0.326 e. The first-order valence-electron chi connectivity index (χ1n) is 9.53. The highest BCUT2D eigenvalue weighted by Gasteiger charge is 2.22. The van der Waals surface area contributed by atoms with Gasteiger partial charge in [-0.2, -0.15) is 0 Å². The minimum absolute atomic E-state index is 0.0549. The molecule has 1 saturated heterocycles. The molecule has 1 aliphatic rings. The van der Waals surface area contributed by atoms with Gasteiger partial charge < -0.3 is 15.0 Å². The molecular weight excluding hydrogens is 391 g/mol. The monoisotopic (exact) mass is 412 g/mol. The van der Waals surface area contributed by atoms with E-state index in [1.807, 2.05) is 0 Å². The van der Waals surface area contributed by atoms with Crippen molar-refractivity contribution in [3.8, 4) is 0 Å². The van der Waals surface area contributed by atoms with Crippen molar-refractivity contribution < 1.29 is 28.3 Å². The third-order valence-electron chi connectivity index (χ3n) is 4.71. The second kappa shape index (κ2) is 9.30. The van der Waals surface area contributed by atoms with E-state index < -0.39 is 36.1 Å². The lowest BCUT2D eigenvalue weighted by Crippen LogP contribution is -2.34. The lowest BCUT2D eigenvalue weighted by atomic mass is 10.1. The summed E-state index contributed by atoms with van der Waals surface area (Å²) >= 11 is 0. The van der Waals surface area contributed by atoms with Crippen molar-refractivity contribution in [1.29, 1.82) is 0 Å². The first-order chi connectivity index (χ1) is 14.3. The maximum Gasteiger partial charge on any atom is 0.326 e. The number of hydrogen-bond donors (Lipinski definition) is 1. The predicted octanol–water partition coefficient (Wildman–Crippen LogP) is 2.50. The van der Waals surface area contributed by atoms with Crippen LogP contribution in [-0.4, -0.2) is 42.8 Å². The molecule has 2 aromatic rings. The molecular formula is C22H21FN2O5. The van der Waals surface area contributed by atoms with Crippen LogP contribution < -0.4 is 10.2 Å². The highest BCUT2D eigenvalue weighted by Crippen LogP contribution is 2.21. The molecule has 0 unspecified atom stereocenters. The summed E-state index contributed by atoms with van der Waals surface area (Å²) in [4.78, 5) is 49.8. The molecule has 1 N–H and O–H groups in total. The molecule has 0 radical (unpaired) electrons. The Hall–Kier alpha value is -3.55. The quantitative estimate of drug-likeness (QED) is 0.557. The molecule has 0 saturated carbocycles. The zero-order valence-electron chi connectivity index (χ0n) is 16.4. The van der Waals surface area contributed by atoms with Crippen LogP contribution in [0.5, 0.6) is 0 Å². The number of esters is 1. The number of anilines is 1. The Morgan fingerprint density at radius 1 is 1.07 bits per heavy atom. The molecule has 1 heterocycles. The second-order valence-electron chi connectivity index (χ2n) is 6.88. The average molecular weight is 412 g/mol. The summed E-state index contributed by atoms with van der Waals surface area (Å²) in [5, 5.41) is 2.43. The fourth-order valence-electron chi connectivity index (χ4n) is 3.11. The lowest BCUT2D eigenvalue weighted by Gasteiger charge is -2.16. The summed E-state index contributed by atoms with van der Waals surface area (Å²) < 4.78 is 18.0. The Morgan fingerprint density at radius 3 is 2.30 bits per heavy atom. The van der Waals surface area contributed by atoms with Crippen molar-refractivity contribution >= 4 is 29.3 Å². The number of nitrogens with one attached hydrogen (secondary N) is 1. The number of benzene rings is 2. The molecule has 0 spiro atoms. The minimum atomic E-state index is -1.07. The van der Waals surface area contributed by atoms with Crippen LogP contribution in [0.25, 0.3) is 0 Å². The third-order valence-corrected chi connectivity index (χ3v) is 4.71. The van der Waals surface area contributed by atoms with Crippen LogP contribution in [0.15, 0.2) is 48.5 Å². The highest BCUT2D eigenvalue weighted by atomic mass is 19.1. The van der Waals surface area contributed by atoms with E-state index in [9.17, 15) is 23.6 Å². The molecule has 0 aromatic heterocycles. The van der Waals surface area contributed by atoms with Crippen molar-refractivity contribution in [1.82, 2.24) is 5.32 Å². The van der Waals surface area contributed by atoms with Crippen LogP contribution >= 0.6 is 0 Å². The van der Waals surface area contributed by atoms with Gasteiger partial charge in [-0.3, -0.25) is 19.2 Å². The molecule has 3 rings (SSSR count). The van der Waals surface area contributed by atoms with Crippen molar-refractivity contribution in [2.75, 3.05) is 18.0 Å². The van der Waals surface area contributed by atoms with Gasteiger partial charge in [-0.15, -0.1) is 0 Å². The highest BCUT2D eigenvalue weighted by molar-refractivity contribution is 6.01. The van der Waals surface area contributed by atoms with Gasteiger partial charge in [0, 0.05) is 29.8 Å². The fraction of sp³-hybridized carbons (Fsp3) is 0.273. The maximum absolute atomic E-state index is 12.9. The van der Waals surface area contributed by atoms with Gasteiger partial charge in [-0.25, -0.2) is 4.39 Å². The van der Waals surface area contributed by atoms with Crippen LogP contribution in [0, 0.1) is 5.82 Å². The lowest BCUT2D eigenvalue weighted by molar-refractivity contribution is -0.145. The molecule has 1 fully saturated rings. The molecule has 2 amide bonds. The third kappa shape index (κ3) is 5.08. The maximum atomic E-state index is 12.9. The van der Waals surface area contributed by atoms with Crippen LogP contribution in [0.2, 0.25) is 0 Å². The molecule has 7 nitrogen and oxygen atoms in total. The standard InChI is InChI=1S/C22H21FN2O5/c1-14(21(28)15-4-8-17(23)9-5-15)30-20(27)13-24-22(29)16-6-10-18(11-7-16)25-12-2-3-19(25)26/h4-11,14H,2-3,12-13H2,1H3,(H,24,29)/t14-/m0/s1. The predicted molar refractivity (Wildman–Crippen MR) is 107 cm³/mol.